The molecular formula is C13H22. The molecule has 0 bridgehead atoms. The van der Waals surface area contributed by atoms with Crippen LogP contribution in [-0.4, -0.2) is 0 Å². The Morgan fingerprint density at radius 2 is 1.92 bits per heavy atom. The van der Waals surface area contributed by atoms with E-state index < -0.39 is 0 Å². The van der Waals surface area contributed by atoms with Crippen LogP contribution in [-0.2, 0) is 0 Å². The van der Waals surface area contributed by atoms with Gasteiger partial charge in [-0.1, -0.05) is 26.2 Å². The third-order valence-corrected chi connectivity index (χ3v) is 5.56. The van der Waals surface area contributed by atoms with E-state index in [0.29, 0.717) is 0 Å². The molecule has 0 saturated heterocycles. The third kappa shape index (κ3) is 0.926. The molecule has 0 nitrogen and oxygen atoms in total. The zero-order valence-corrected chi connectivity index (χ0v) is 8.89. The molecular weight excluding hydrogens is 156 g/mol. The molecule has 0 spiro atoms. The summed E-state index contributed by atoms with van der Waals surface area (Å²) in [6.07, 6.45) is 12.5. The lowest BCUT2D eigenvalue weighted by molar-refractivity contribution is -0.173. The molecule has 74 valence electrons. The number of fused-ring (bicyclic) bond motifs is 1. The highest BCUT2D eigenvalue weighted by molar-refractivity contribution is 5.11. The van der Waals surface area contributed by atoms with Crippen LogP contribution in [0.1, 0.15) is 58.3 Å². The quantitative estimate of drug-likeness (QED) is 0.599. The second-order valence-corrected chi connectivity index (χ2v) is 5.73. The highest BCUT2D eigenvalue weighted by Gasteiger charge is 2.61. The van der Waals surface area contributed by atoms with Gasteiger partial charge in [0.2, 0.25) is 0 Å². The molecule has 3 aliphatic rings. The highest BCUT2D eigenvalue weighted by atomic mass is 14.7. The molecule has 0 aromatic carbocycles. The van der Waals surface area contributed by atoms with Crippen LogP contribution in [0.2, 0.25) is 0 Å². The lowest BCUT2D eigenvalue weighted by Crippen LogP contribution is -2.58. The molecule has 3 saturated carbocycles. The predicted octanol–water partition coefficient (Wildman–Crippen LogP) is 4.00. The van der Waals surface area contributed by atoms with E-state index in [4.69, 9.17) is 0 Å². The number of rotatable bonds is 2. The van der Waals surface area contributed by atoms with Crippen molar-refractivity contribution >= 4 is 0 Å². The first kappa shape index (κ1) is 8.32. The largest absolute Gasteiger partial charge is 0.0651 e. The Labute approximate surface area is 82.1 Å². The molecule has 0 radical (unpaired) electrons. The van der Waals surface area contributed by atoms with Crippen LogP contribution in [0.25, 0.3) is 0 Å². The summed E-state index contributed by atoms with van der Waals surface area (Å²) in [4.78, 5) is 0. The van der Waals surface area contributed by atoms with Crippen LogP contribution in [0, 0.1) is 23.2 Å². The van der Waals surface area contributed by atoms with Gasteiger partial charge >= 0.3 is 0 Å². The number of hydrogen-bond donors (Lipinski definition) is 0. The SMILES string of the molecule is CC[C@H]1CC2(C3CCCC3)CC[C@@H]12. The van der Waals surface area contributed by atoms with E-state index in [0.717, 1.165) is 17.3 Å². The van der Waals surface area contributed by atoms with Crippen molar-refractivity contribution in [2.24, 2.45) is 23.2 Å². The fourth-order valence-corrected chi connectivity index (χ4v) is 4.71. The summed E-state index contributed by atoms with van der Waals surface area (Å²) in [6, 6.07) is 0. The molecule has 13 heavy (non-hydrogen) atoms. The Kier molecular flexibility index (Phi) is 1.76. The Bertz CT molecular complexity index is 202. The van der Waals surface area contributed by atoms with Crippen molar-refractivity contribution in [3.63, 3.8) is 0 Å². The molecule has 0 heteroatoms. The van der Waals surface area contributed by atoms with E-state index in [-0.39, 0.29) is 0 Å². The molecule has 3 aliphatic carbocycles. The standard InChI is InChI=1S/C13H22/c1-2-10-9-13(8-7-12(10)13)11-5-3-4-6-11/h10-12H,2-9H2,1H3/t10-,12-,13?/m0/s1. The zero-order chi connectivity index (χ0) is 8.89. The lowest BCUT2D eigenvalue weighted by Gasteiger charge is -2.67. The van der Waals surface area contributed by atoms with Gasteiger partial charge in [0.05, 0.1) is 0 Å². The van der Waals surface area contributed by atoms with Gasteiger partial charge in [0.15, 0.2) is 0 Å². The summed E-state index contributed by atoms with van der Waals surface area (Å²) in [6.45, 7) is 2.39. The Balaban J connectivity index is 1.70. The normalized spacial score (nSPS) is 49.6. The molecule has 0 amide bonds. The second-order valence-electron chi connectivity index (χ2n) is 5.73. The molecule has 0 aromatic heterocycles. The Morgan fingerprint density at radius 1 is 1.15 bits per heavy atom. The average Bonchev–Trinajstić information content (AvgIpc) is 2.62. The summed E-state index contributed by atoms with van der Waals surface area (Å²) in [5.74, 6) is 3.48. The van der Waals surface area contributed by atoms with Crippen molar-refractivity contribution in [1.82, 2.24) is 0 Å². The first-order chi connectivity index (χ1) is 6.37. The monoisotopic (exact) mass is 178 g/mol. The Morgan fingerprint density at radius 3 is 2.38 bits per heavy atom. The average molecular weight is 178 g/mol. The summed E-state index contributed by atoms with van der Waals surface area (Å²) < 4.78 is 0. The molecule has 0 heterocycles. The summed E-state index contributed by atoms with van der Waals surface area (Å²) >= 11 is 0. The first-order valence-electron chi connectivity index (χ1n) is 6.37. The van der Waals surface area contributed by atoms with Gasteiger partial charge in [0.25, 0.3) is 0 Å². The molecule has 3 fully saturated rings. The van der Waals surface area contributed by atoms with Gasteiger partial charge in [-0.05, 0) is 55.3 Å². The van der Waals surface area contributed by atoms with E-state index in [1.165, 1.54) is 25.2 Å². The van der Waals surface area contributed by atoms with E-state index >= 15 is 0 Å². The topological polar surface area (TPSA) is 0 Å². The van der Waals surface area contributed by atoms with Crippen molar-refractivity contribution in [2.45, 2.75) is 58.3 Å². The van der Waals surface area contributed by atoms with Gasteiger partial charge in [-0.3, -0.25) is 0 Å². The minimum atomic E-state index is 0.914. The van der Waals surface area contributed by atoms with Gasteiger partial charge in [-0.15, -0.1) is 0 Å². The van der Waals surface area contributed by atoms with E-state index in [2.05, 4.69) is 6.92 Å². The van der Waals surface area contributed by atoms with E-state index in [9.17, 15) is 0 Å². The van der Waals surface area contributed by atoms with Crippen LogP contribution in [0.3, 0.4) is 0 Å². The van der Waals surface area contributed by atoms with Crippen molar-refractivity contribution in [3.8, 4) is 0 Å². The zero-order valence-electron chi connectivity index (χ0n) is 8.89. The molecule has 0 aromatic rings. The van der Waals surface area contributed by atoms with Crippen LogP contribution in [0.15, 0.2) is 0 Å². The Hall–Kier alpha value is 0. The van der Waals surface area contributed by atoms with Crippen molar-refractivity contribution in [3.05, 3.63) is 0 Å². The summed E-state index contributed by atoms with van der Waals surface area (Å²) in [7, 11) is 0. The van der Waals surface area contributed by atoms with Crippen molar-refractivity contribution in [2.75, 3.05) is 0 Å². The van der Waals surface area contributed by atoms with Gasteiger partial charge in [-0.25, -0.2) is 0 Å². The molecule has 0 aliphatic heterocycles. The van der Waals surface area contributed by atoms with Gasteiger partial charge in [0.1, 0.15) is 0 Å². The van der Waals surface area contributed by atoms with Gasteiger partial charge < -0.3 is 0 Å². The second kappa shape index (κ2) is 2.74. The first-order valence-corrected chi connectivity index (χ1v) is 6.37. The fourth-order valence-electron chi connectivity index (χ4n) is 4.71. The van der Waals surface area contributed by atoms with Crippen molar-refractivity contribution < 1.29 is 0 Å². The van der Waals surface area contributed by atoms with E-state index in [1.54, 1.807) is 32.1 Å². The summed E-state index contributed by atoms with van der Waals surface area (Å²) in [5, 5.41) is 0. The van der Waals surface area contributed by atoms with Gasteiger partial charge in [0, 0.05) is 0 Å². The minimum absolute atomic E-state index is 0.914. The smallest absolute Gasteiger partial charge is 0.0235 e. The van der Waals surface area contributed by atoms with Crippen LogP contribution >= 0.6 is 0 Å². The maximum absolute atomic E-state index is 2.39. The van der Waals surface area contributed by atoms with Crippen LogP contribution in [0.4, 0.5) is 0 Å². The third-order valence-electron chi connectivity index (χ3n) is 5.56. The molecule has 3 atom stereocenters. The minimum Gasteiger partial charge on any atom is -0.0651 e. The fraction of sp³-hybridized carbons (Fsp3) is 1.00. The highest BCUT2D eigenvalue weighted by Crippen LogP contribution is 2.70. The maximum atomic E-state index is 2.39. The van der Waals surface area contributed by atoms with Crippen LogP contribution < -0.4 is 0 Å². The number of hydrogen-bond acceptors (Lipinski definition) is 0. The van der Waals surface area contributed by atoms with E-state index in [1.807, 2.05) is 0 Å². The molecule has 3 rings (SSSR count). The van der Waals surface area contributed by atoms with Gasteiger partial charge in [-0.2, -0.15) is 0 Å². The van der Waals surface area contributed by atoms with Crippen LogP contribution in [0.5, 0.6) is 0 Å². The molecule has 0 N–H and O–H groups in total. The maximum Gasteiger partial charge on any atom is -0.0235 e. The predicted molar refractivity (Wildman–Crippen MR) is 55.5 cm³/mol. The molecule has 1 unspecified atom stereocenters. The van der Waals surface area contributed by atoms with Crippen molar-refractivity contribution in [1.29, 1.82) is 0 Å². The summed E-state index contributed by atoms with van der Waals surface area (Å²) in [5.41, 5.74) is 0.914. The lowest BCUT2D eigenvalue weighted by atomic mass is 9.38.